The molecule has 0 aliphatic carbocycles. The van der Waals surface area contributed by atoms with Gasteiger partial charge in [0.05, 0.1) is 0 Å². The third-order valence-corrected chi connectivity index (χ3v) is 5.87. The topological polar surface area (TPSA) is 85.8 Å². The van der Waals surface area contributed by atoms with E-state index in [1.165, 1.54) is 0 Å². The van der Waals surface area contributed by atoms with Crippen LogP contribution in [0.1, 0.15) is 32.3 Å². The van der Waals surface area contributed by atoms with Crippen molar-refractivity contribution < 1.29 is 9.84 Å². The molecule has 1 saturated heterocycles. The first kappa shape index (κ1) is 23.1. The average molecular weight is 425 g/mol. The zero-order valence-corrected chi connectivity index (χ0v) is 18.8. The molecule has 6 heteroatoms. The number of benzene rings is 2. The SMILES string of the molecule is CC(C)(CN)CN(C(=N)N1CCCC(CO)C1)c1ccc(OCc2ccccc2)cc1. The number of nitrogens with two attached hydrogens (primary N) is 1. The third-order valence-electron chi connectivity index (χ3n) is 5.87. The van der Waals surface area contributed by atoms with E-state index in [1.807, 2.05) is 59.5 Å². The molecule has 1 aliphatic rings. The first-order chi connectivity index (χ1) is 14.9. The number of rotatable bonds is 8. The van der Waals surface area contributed by atoms with E-state index >= 15 is 0 Å². The van der Waals surface area contributed by atoms with Crippen molar-refractivity contribution in [3.05, 3.63) is 60.2 Å². The van der Waals surface area contributed by atoms with Crippen molar-refractivity contribution in [3.8, 4) is 5.75 Å². The predicted molar refractivity (Wildman–Crippen MR) is 127 cm³/mol. The maximum absolute atomic E-state index is 9.59. The van der Waals surface area contributed by atoms with Crippen molar-refractivity contribution in [1.29, 1.82) is 5.41 Å². The normalized spacial score (nSPS) is 16.8. The van der Waals surface area contributed by atoms with Crippen molar-refractivity contribution in [2.75, 3.05) is 37.7 Å². The van der Waals surface area contributed by atoms with E-state index in [9.17, 15) is 5.11 Å². The van der Waals surface area contributed by atoms with E-state index in [4.69, 9.17) is 15.9 Å². The minimum absolute atomic E-state index is 0.138. The molecule has 2 aromatic rings. The maximum atomic E-state index is 9.59. The van der Waals surface area contributed by atoms with Crippen LogP contribution in [0.3, 0.4) is 0 Å². The van der Waals surface area contributed by atoms with Crippen LogP contribution in [0.15, 0.2) is 54.6 Å². The van der Waals surface area contributed by atoms with Crippen LogP contribution in [0.25, 0.3) is 0 Å². The van der Waals surface area contributed by atoms with E-state index in [-0.39, 0.29) is 17.9 Å². The van der Waals surface area contributed by atoms with E-state index in [0.717, 1.165) is 36.4 Å². The predicted octanol–water partition coefficient (Wildman–Crippen LogP) is 3.70. The largest absolute Gasteiger partial charge is 0.489 e. The van der Waals surface area contributed by atoms with Crippen LogP contribution < -0.4 is 15.4 Å². The van der Waals surface area contributed by atoms with E-state index < -0.39 is 0 Å². The van der Waals surface area contributed by atoms with Gasteiger partial charge in [0.1, 0.15) is 12.4 Å². The first-order valence-corrected chi connectivity index (χ1v) is 11.1. The number of nitrogens with one attached hydrogen (secondary N) is 1. The molecule has 1 unspecified atom stereocenters. The Morgan fingerprint density at radius 3 is 2.55 bits per heavy atom. The molecular weight excluding hydrogens is 388 g/mol. The number of anilines is 1. The smallest absolute Gasteiger partial charge is 0.198 e. The van der Waals surface area contributed by atoms with Crippen molar-refractivity contribution >= 4 is 11.6 Å². The minimum Gasteiger partial charge on any atom is -0.489 e. The molecule has 1 fully saturated rings. The van der Waals surface area contributed by atoms with Crippen molar-refractivity contribution in [1.82, 2.24) is 4.90 Å². The van der Waals surface area contributed by atoms with Gasteiger partial charge in [0.2, 0.25) is 0 Å². The molecule has 3 rings (SSSR count). The van der Waals surface area contributed by atoms with Gasteiger partial charge >= 0.3 is 0 Å². The van der Waals surface area contributed by atoms with Gasteiger partial charge in [0.15, 0.2) is 5.96 Å². The highest BCUT2D eigenvalue weighted by atomic mass is 16.5. The van der Waals surface area contributed by atoms with Crippen LogP contribution in [0, 0.1) is 16.7 Å². The fraction of sp³-hybridized carbons (Fsp3) is 0.480. The molecule has 0 amide bonds. The highest BCUT2D eigenvalue weighted by molar-refractivity contribution is 5.94. The lowest BCUT2D eigenvalue weighted by Gasteiger charge is -2.41. The molecule has 1 aliphatic heterocycles. The Kier molecular flexibility index (Phi) is 7.93. The number of hydrogen-bond donors (Lipinski definition) is 3. The Morgan fingerprint density at radius 2 is 1.90 bits per heavy atom. The van der Waals surface area contributed by atoms with Gasteiger partial charge in [-0.05, 0) is 60.5 Å². The highest BCUT2D eigenvalue weighted by Gasteiger charge is 2.29. The second-order valence-corrected chi connectivity index (χ2v) is 9.18. The van der Waals surface area contributed by atoms with Gasteiger partial charge in [-0.2, -0.15) is 0 Å². The number of aliphatic hydroxyl groups is 1. The number of nitrogens with zero attached hydrogens (tertiary/aromatic N) is 2. The summed E-state index contributed by atoms with van der Waals surface area (Å²) in [5.41, 5.74) is 7.95. The molecule has 0 aromatic heterocycles. The summed E-state index contributed by atoms with van der Waals surface area (Å²) in [7, 11) is 0. The molecular formula is C25H36N4O2. The van der Waals surface area contributed by atoms with Crippen LogP contribution in [0.5, 0.6) is 5.75 Å². The number of ether oxygens (including phenoxy) is 1. The Balaban J connectivity index is 1.74. The zero-order chi connectivity index (χ0) is 22.3. The summed E-state index contributed by atoms with van der Waals surface area (Å²) < 4.78 is 5.92. The van der Waals surface area contributed by atoms with Gasteiger partial charge in [-0.25, -0.2) is 0 Å². The molecule has 0 bridgehead atoms. The van der Waals surface area contributed by atoms with E-state index in [2.05, 4.69) is 18.7 Å². The van der Waals surface area contributed by atoms with Crippen molar-refractivity contribution in [2.45, 2.75) is 33.3 Å². The lowest BCUT2D eigenvalue weighted by atomic mass is 9.92. The average Bonchev–Trinajstić information content (AvgIpc) is 2.82. The zero-order valence-electron chi connectivity index (χ0n) is 18.8. The summed E-state index contributed by atoms with van der Waals surface area (Å²) in [6, 6.07) is 18.0. The van der Waals surface area contributed by atoms with Gasteiger partial charge in [-0.15, -0.1) is 0 Å². The van der Waals surface area contributed by atoms with Crippen molar-refractivity contribution in [2.24, 2.45) is 17.1 Å². The maximum Gasteiger partial charge on any atom is 0.198 e. The van der Waals surface area contributed by atoms with Crippen LogP contribution >= 0.6 is 0 Å². The Bertz CT molecular complexity index is 823. The number of piperidine rings is 1. The lowest BCUT2D eigenvalue weighted by molar-refractivity contribution is 0.158. The van der Waals surface area contributed by atoms with Gasteiger partial charge in [0.25, 0.3) is 0 Å². The van der Waals surface area contributed by atoms with Gasteiger partial charge in [-0.3, -0.25) is 5.41 Å². The summed E-state index contributed by atoms with van der Waals surface area (Å²) in [6.07, 6.45) is 2.01. The standard InChI is InChI=1S/C25H36N4O2/c1-25(2,18-26)19-29(24(27)28-14-6-9-21(15-28)16-30)22-10-12-23(13-11-22)31-17-20-7-4-3-5-8-20/h3-5,7-8,10-13,21,27,30H,6,9,14-19,26H2,1-2H3. The number of likely N-dealkylation sites (tertiary alicyclic amines) is 1. The monoisotopic (exact) mass is 424 g/mol. The van der Waals surface area contributed by atoms with E-state index in [1.54, 1.807) is 0 Å². The fourth-order valence-electron chi connectivity index (χ4n) is 3.82. The fourth-order valence-corrected chi connectivity index (χ4v) is 3.82. The number of hydrogen-bond acceptors (Lipinski definition) is 4. The lowest BCUT2D eigenvalue weighted by Crippen LogP contribution is -2.52. The van der Waals surface area contributed by atoms with Gasteiger partial charge in [-0.1, -0.05) is 44.2 Å². The summed E-state index contributed by atoms with van der Waals surface area (Å²) in [6.45, 7) is 7.68. The molecule has 0 spiro atoms. The summed E-state index contributed by atoms with van der Waals surface area (Å²) in [5.74, 6) is 1.50. The molecule has 0 saturated carbocycles. The van der Waals surface area contributed by atoms with Crippen LogP contribution in [0.2, 0.25) is 0 Å². The highest BCUT2D eigenvalue weighted by Crippen LogP contribution is 2.27. The summed E-state index contributed by atoms with van der Waals surface area (Å²) in [4.78, 5) is 4.12. The molecule has 2 aromatic carbocycles. The van der Waals surface area contributed by atoms with Crippen LogP contribution in [-0.4, -0.2) is 48.8 Å². The van der Waals surface area contributed by atoms with E-state index in [0.29, 0.717) is 32.2 Å². The second-order valence-electron chi connectivity index (χ2n) is 9.18. The second kappa shape index (κ2) is 10.6. The molecule has 6 nitrogen and oxygen atoms in total. The Morgan fingerprint density at radius 1 is 1.19 bits per heavy atom. The first-order valence-electron chi connectivity index (χ1n) is 11.1. The van der Waals surface area contributed by atoms with Gasteiger partial charge in [0, 0.05) is 31.9 Å². The minimum atomic E-state index is -0.138. The number of aliphatic hydroxyl groups excluding tert-OH is 1. The Labute approximate surface area is 186 Å². The quantitative estimate of drug-likeness (QED) is 0.444. The third kappa shape index (κ3) is 6.45. The van der Waals surface area contributed by atoms with Crippen LogP contribution in [0.4, 0.5) is 5.69 Å². The molecule has 0 radical (unpaired) electrons. The van der Waals surface area contributed by atoms with Crippen LogP contribution in [-0.2, 0) is 6.61 Å². The Hall–Kier alpha value is -2.57. The molecule has 1 heterocycles. The van der Waals surface area contributed by atoms with Gasteiger partial charge < -0.3 is 25.4 Å². The summed E-state index contributed by atoms with van der Waals surface area (Å²) >= 11 is 0. The summed E-state index contributed by atoms with van der Waals surface area (Å²) in [5, 5.41) is 18.5. The number of guanidine groups is 1. The van der Waals surface area contributed by atoms with Crippen molar-refractivity contribution in [3.63, 3.8) is 0 Å². The molecule has 168 valence electrons. The molecule has 1 atom stereocenters. The molecule has 4 N–H and O–H groups in total. The molecule has 31 heavy (non-hydrogen) atoms.